The SMILES string of the molecule is CC[C@@H](N)c1nc(C)no1.Cl. The molecule has 1 rings (SSSR count). The zero-order valence-electron chi connectivity index (χ0n) is 6.57. The molecular formula is C6H12ClN3O. The van der Waals surface area contributed by atoms with Gasteiger partial charge in [0.2, 0.25) is 5.89 Å². The molecule has 2 N–H and O–H groups in total. The van der Waals surface area contributed by atoms with Gasteiger partial charge < -0.3 is 10.3 Å². The Bertz CT molecular complexity index is 213. The van der Waals surface area contributed by atoms with E-state index < -0.39 is 0 Å². The molecule has 0 fully saturated rings. The summed E-state index contributed by atoms with van der Waals surface area (Å²) in [7, 11) is 0. The van der Waals surface area contributed by atoms with Gasteiger partial charge >= 0.3 is 0 Å². The van der Waals surface area contributed by atoms with E-state index in [0.29, 0.717) is 11.7 Å². The van der Waals surface area contributed by atoms with Crippen LogP contribution in [-0.2, 0) is 0 Å². The number of rotatable bonds is 2. The second-order valence-corrected chi connectivity index (χ2v) is 2.19. The largest absolute Gasteiger partial charge is 0.338 e. The second kappa shape index (κ2) is 4.31. The third-order valence-electron chi connectivity index (χ3n) is 1.30. The molecule has 0 radical (unpaired) electrons. The highest BCUT2D eigenvalue weighted by Gasteiger charge is 2.09. The summed E-state index contributed by atoms with van der Waals surface area (Å²) in [6.07, 6.45) is 0.821. The van der Waals surface area contributed by atoms with Crippen LogP contribution in [0, 0.1) is 6.92 Å². The molecule has 0 aromatic carbocycles. The number of hydrogen-bond donors (Lipinski definition) is 1. The summed E-state index contributed by atoms with van der Waals surface area (Å²) < 4.78 is 4.83. The van der Waals surface area contributed by atoms with Gasteiger partial charge in [0.25, 0.3) is 0 Å². The molecule has 4 nitrogen and oxygen atoms in total. The Kier molecular flexibility index (Phi) is 4.07. The maximum Gasteiger partial charge on any atom is 0.243 e. The van der Waals surface area contributed by atoms with Crippen molar-refractivity contribution in [1.82, 2.24) is 10.1 Å². The van der Waals surface area contributed by atoms with Crippen LogP contribution in [0.4, 0.5) is 0 Å². The summed E-state index contributed by atoms with van der Waals surface area (Å²) in [4.78, 5) is 3.98. The summed E-state index contributed by atoms with van der Waals surface area (Å²) in [5.41, 5.74) is 5.61. The van der Waals surface area contributed by atoms with Crippen LogP contribution >= 0.6 is 12.4 Å². The molecule has 0 spiro atoms. The quantitative estimate of drug-likeness (QED) is 0.738. The van der Waals surface area contributed by atoms with E-state index in [1.54, 1.807) is 6.92 Å². The number of nitrogens with two attached hydrogens (primary N) is 1. The molecular weight excluding hydrogens is 166 g/mol. The van der Waals surface area contributed by atoms with E-state index in [1.807, 2.05) is 6.92 Å². The Morgan fingerprint density at radius 1 is 1.64 bits per heavy atom. The van der Waals surface area contributed by atoms with Crippen LogP contribution in [0.3, 0.4) is 0 Å². The second-order valence-electron chi connectivity index (χ2n) is 2.19. The Balaban J connectivity index is 0.000001000. The fourth-order valence-corrected chi connectivity index (χ4v) is 0.638. The van der Waals surface area contributed by atoms with Crippen LogP contribution in [0.25, 0.3) is 0 Å². The normalized spacial score (nSPS) is 12.3. The van der Waals surface area contributed by atoms with Crippen molar-refractivity contribution in [2.75, 3.05) is 0 Å². The van der Waals surface area contributed by atoms with E-state index in [0.717, 1.165) is 6.42 Å². The lowest BCUT2D eigenvalue weighted by molar-refractivity contribution is 0.349. The first kappa shape index (κ1) is 10.4. The predicted molar refractivity (Wildman–Crippen MR) is 43.5 cm³/mol. The first-order chi connectivity index (χ1) is 4.74. The van der Waals surface area contributed by atoms with Crippen molar-refractivity contribution in [2.45, 2.75) is 26.3 Å². The summed E-state index contributed by atoms with van der Waals surface area (Å²) in [5.74, 6) is 1.17. The Labute approximate surface area is 71.6 Å². The summed E-state index contributed by atoms with van der Waals surface area (Å²) in [6.45, 7) is 3.75. The highest BCUT2D eigenvalue weighted by atomic mass is 35.5. The molecule has 5 heteroatoms. The maximum absolute atomic E-state index is 5.61. The van der Waals surface area contributed by atoms with Crippen LogP contribution in [0.15, 0.2) is 4.52 Å². The number of nitrogens with zero attached hydrogens (tertiary/aromatic N) is 2. The lowest BCUT2D eigenvalue weighted by Crippen LogP contribution is -2.08. The number of hydrogen-bond acceptors (Lipinski definition) is 4. The van der Waals surface area contributed by atoms with Gasteiger partial charge in [0.15, 0.2) is 5.82 Å². The van der Waals surface area contributed by atoms with Crippen LogP contribution in [-0.4, -0.2) is 10.1 Å². The molecule has 0 saturated heterocycles. The highest BCUT2D eigenvalue weighted by Crippen LogP contribution is 2.09. The van der Waals surface area contributed by atoms with Gasteiger partial charge in [-0.2, -0.15) is 4.98 Å². The van der Waals surface area contributed by atoms with E-state index >= 15 is 0 Å². The molecule has 0 amide bonds. The van der Waals surface area contributed by atoms with Crippen molar-refractivity contribution in [1.29, 1.82) is 0 Å². The predicted octanol–water partition coefficient (Wildman–Crippen LogP) is 1.21. The molecule has 0 aliphatic rings. The molecule has 1 aromatic rings. The molecule has 1 atom stereocenters. The zero-order valence-corrected chi connectivity index (χ0v) is 7.39. The van der Waals surface area contributed by atoms with Crippen LogP contribution in [0.2, 0.25) is 0 Å². The fraction of sp³-hybridized carbons (Fsp3) is 0.667. The maximum atomic E-state index is 5.61. The van der Waals surface area contributed by atoms with E-state index in [2.05, 4.69) is 10.1 Å². The van der Waals surface area contributed by atoms with E-state index in [9.17, 15) is 0 Å². The van der Waals surface area contributed by atoms with Gasteiger partial charge in [0.1, 0.15) is 0 Å². The Morgan fingerprint density at radius 2 is 2.27 bits per heavy atom. The minimum atomic E-state index is -0.110. The molecule has 0 bridgehead atoms. The average molecular weight is 178 g/mol. The highest BCUT2D eigenvalue weighted by molar-refractivity contribution is 5.85. The molecule has 11 heavy (non-hydrogen) atoms. The number of halogens is 1. The van der Waals surface area contributed by atoms with E-state index in [-0.39, 0.29) is 18.4 Å². The van der Waals surface area contributed by atoms with Crippen molar-refractivity contribution >= 4 is 12.4 Å². The fourth-order valence-electron chi connectivity index (χ4n) is 0.638. The van der Waals surface area contributed by atoms with Gasteiger partial charge in [-0.15, -0.1) is 12.4 Å². The van der Waals surface area contributed by atoms with Crippen LogP contribution in [0.5, 0.6) is 0 Å². The van der Waals surface area contributed by atoms with Crippen molar-refractivity contribution in [2.24, 2.45) is 5.73 Å². The zero-order chi connectivity index (χ0) is 7.56. The molecule has 0 aliphatic heterocycles. The van der Waals surface area contributed by atoms with Gasteiger partial charge in [0.05, 0.1) is 6.04 Å². The van der Waals surface area contributed by atoms with Gasteiger partial charge in [-0.05, 0) is 13.3 Å². The van der Waals surface area contributed by atoms with E-state index in [4.69, 9.17) is 10.3 Å². The number of aromatic nitrogens is 2. The summed E-state index contributed by atoms with van der Waals surface area (Å²) in [6, 6.07) is -0.110. The molecule has 0 saturated carbocycles. The monoisotopic (exact) mass is 177 g/mol. The average Bonchev–Trinajstić information content (AvgIpc) is 2.34. The van der Waals surface area contributed by atoms with Gasteiger partial charge in [-0.3, -0.25) is 0 Å². The van der Waals surface area contributed by atoms with Crippen LogP contribution < -0.4 is 5.73 Å². The number of aryl methyl sites for hydroxylation is 1. The van der Waals surface area contributed by atoms with Crippen molar-refractivity contribution in [3.8, 4) is 0 Å². The smallest absolute Gasteiger partial charge is 0.243 e. The standard InChI is InChI=1S/C6H11N3O.ClH/c1-3-5(7)6-8-4(2)9-10-6;/h5H,3,7H2,1-2H3;1H/t5-;/m1./s1. The lowest BCUT2D eigenvalue weighted by atomic mass is 10.2. The Hall–Kier alpha value is -0.610. The van der Waals surface area contributed by atoms with Gasteiger partial charge in [-0.25, -0.2) is 0 Å². The van der Waals surface area contributed by atoms with Crippen molar-refractivity contribution < 1.29 is 4.52 Å². The third kappa shape index (κ3) is 2.48. The van der Waals surface area contributed by atoms with E-state index in [1.165, 1.54) is 0 Å². The van der Waals surface area contributed by atoms with Crippen LogP contribution in [0.1, 0.15) is 31.1 Å². The molecule has 0 unspecified atom stereocenters. The first-order valence-corrected chi connectivity index (χ1v) is 3.29. The molecule has 1 heterocycles. The van der Waals surface area contributed by atoms with Gasteiger partial charge in [-0.1, -0.05) is 12.1 Å². The van der Waals surface area contributed by atoms with Crippen molar-refractivity contribution in [3.63, 3.8) is 0 Å². The minimum Gasteiger partial charge on any atom is -0.338 e. The molecule has 1 aromatic heterocycles. The molecule has 0 aliphatic carbocycles. The lowest BCUT2D eigenvalue weighted by Gasteiger charge is -1.98. The first-order valence-electron chi connectivity index (χ1n) is 3.29. The van der Waals surface area contributed by atoms with Crippen molar-refractivity contribution in [3.05, 3.63) is 11.7 Å². The summed E-state index contributed by atoms with van der Waals surface area (Å²) >= 11 is 0. The van der Waals surface area contributed by atoms with Gasteiger partial charge in [0, 0.05) is 0 Å². The minimum absolute atomic E-state index is 0. The topological polar surface area (TPSA) is 64.9 Å². The summed E-state index contributed by atoms with van der Waals surface area (Å²) in [5, 5.41) is 3.62. The molecule has 64 valence electrons. The third-order valence-corrected chi connectivity index (χ3v) is 1.30. The Morgan fingerprint density at radius 3 is 2.64 bits per heavy atom.